The summed E-state index contributed by atoms with van der Waals surface area (Å²) in [4.78, 5) is 60.7. The minimum Gasteiger partial charge on any atom is -0.361 e. The molecule has 3 aromatic rings. The van der Waals surface area contributed by atoms with E-state index in [0.29, 0.717) is 25.9 Å². The standard InChI is InChI=1S/C35H39N5O5.C3H6O/c1-20(2)34(37-31(41)23-16-25-24-11-7-12-26-30(24)22(18-36-26)17-27(25)38(3)19-23)33(43)40-28(15-21-9-5-4-6-10-21)32(42)39-14-8-13-29(39)35(40,44)45-34;1-3(2)4/h4-7,9-12,16,18,20,23,27-29,36,44H,8,13-15,17,19H2,1-3H3,(H,37,41);1-2H3. The number of likely N-dealkylation sites (N-methyl/N-ethyl adjacent to an activating group) is 1. The number of H-pyrrole nitrogens is 1. The molecule has 8 rings (SSSR count). The van der Waals surface area contributed by atoms with E-state index >= 15 is 0 Å². The van der Waals surface area contributed by atoms with Gasteiger partial charge in [-0.15, -0.1) is 0 Å². The number of benzene rings is 2. The SMILES string of the molecule is CC(C)=O.CC(C)C1(NC(=O)C2C=C3c4cccc5[nH]cc(c45)CC3N(C)C2)OC2(O)C3CCCN3C(=O)C(Cc3ccccc3)N2C1=O. The molecule has 3 fully saturated rings. The molecular formula is C38H45N5O6. The van der Waals surface area contributed by atoms with Crippen molar-refractivity contribution in [3.8, 4) is 0 Å². The van der Waals surface area contributed by atoms with Crippen LogP contribution in [0, 0.1) is 11.8 Å². The van der Waals surface area contributed by atoms with E-state index in [1.165, 1.54) is 29.7 Å². The maximum atomic E-state index is 14.6. The van der Waals surface area contributed by atoms with Crippen LogP contribution in [-0.4, -0.2) is 98.2 Å². The number of amides is 3. The number of aromatic nitrogens is 1. The molecule has 6 atom stereocenters. The fourth-order valence-corrected chi connectivity index (χ4v) is 8.47. The van der Waals surface area contributed by atoms with Gasteiger partial charge < -0.3 is 25.1 Å². The Hall–Kier alpha value is -4.32. The molecule has 1 aromatic heterocycles. The van der Waals surface area contributed by atoms with Gasteiger partial charge in [-0.3, -0.25) is 28.9 Å². The first-order valence-corrected chi connectivity index (χ1v) is 17.3. The highest BCUT2D eigenvalue weighted by Gasteiger charge is 2.72. The molecule has 5 aliphatic rings. The van der Waals surface area contributed by atoms with Gasteiger partial charge in [0.2, 0.25) is 17.5 Å². The Morgan fingerprint density at radius 1 is 1.10 bits per heavy atom. The van der Waals surface area contributed by atoms with Gasteiger partial charge in [0.05, 0.1) is 5.92 Å². The van der Waals surface area contributed by atoms with Gasteiger partial charge in [-0.25, -0.2) is 0 Å². The molecule has 0 spiro atoms. The minimum atomic E-state index is -2.06. The Labute approximate surface area is 286 Å². The van der Waals surface area contributed by atoms with Crippen molar-refractivity contribution in [2.24, 2.45) is 11.8 Å². The number of aliphatic hydroxyl groups is 1. The zero-order valence-electron chi connectivity index (χ0n) is 28.7. The number of carbonyl (C=O) groups is 4. The Kier molecular flexibility index (Phi) is 8.28. The number of nitrogens with one attached hydrogen (secondary N) is 2. The number of nitrogens with zero attached hydrogens (tertiary/aromatic N) is 3. The summed E-state index contributed by atoms with van der Waals surface area (Å²) in [5.74, 6) is -4.11. The van der Waals surface area contributed by atoms with Crippen LogP contribution in [0.5, 0.6) is 0 Å². The molecule has 1 aliphatic carbocycles. The number of ketones is 1. The second kappa shape index (κ2) is 12.2. The van der Waals surface area contributed by atoms with Crippen LogP contribution in [0.25, 0.3) is 16.5 Å². The molecule has 11 heteroatoms. The van der Waals surface area contributed by atoms with Gasteiger partial charge in [0.25, 0.3) is 11.8 Å². The average molecular weight is 668 g/mol. The van der Waals surface area contributed by atoms with Crippen molar-refractivity contribution in [3.63, 3.8) is 0 Å². The molecule has 258 valence electrons. The quantitative estimate of drug-likeness (QED) is 0.381. The molecule has 6 unspecified atom stereocenters. The molecule has 0 saturated carbocycles. The summed E-state index contributed by atoms with van der Waals surface area (Å²) >= 11 is 0. The maximum Gasteiger partial charge on any atom is 0.281 e. The second-order valence-electron chi connectivity index (χ2n) is 14.5. The highest BCUT2D eigenvalue weighted by molar-refractivity contribution is 6.01. The first-order chi connectivity index (χ1) is 23.4. The first kappa shape index (κ1) is 33.2. The summed E-state index contributed by atoms with van der Waals surface area (Å²) in [6.45, 7) is 7.62. The summed E-state index contributed by atoms with van der Waals surface area (Å²) in [6.07, 6.45) is 6.40. The number of ether oxygens (including phenoxy) is 1. The summed E-state index contributed by atoms with van der Waals surface area (Å²) < 4.78 is 6.49. The highest BCUT2D eigenvalue weighted by Crippen LogP contribution is 2.48. The third-order valence-electron chi connectivity index (χ3n) is 10.8. The number of fused-ring (bicyclic) bond motifs is 5. The van der Waals surface area contributed by atoms with Crippen LogP contribution in [0.1, 0.15) is 57.2 Å². The molecule has 2 aromatic carbocycles. The zero-order valence-corrected chi connectivity index (χ0v) is 28.7. The lowest BCUT2D eigenvalue weighted by atomic mass is 9.79. The van der Waals surface area contributed by atoms with E-state index in [-0.39, 0.29) is 30.1 Å². The summed E-state index contributed by atoms with van der Waals surface area (Å²) in [5.41, 5.74) is 3.59. The molecule has 5 heterocycles. The van der Waals surface area contributed by atoms with Crippen molar-refractivity contribution < 1.29 is 29.0 Å². The maximum absolute atomic E-state index is 14.6. The monoisotopic (exact) mass is 667 g/mol. The van der Waals surface area contributed by atoms with Crippen molar-refractivity contribution in [2.45, 2.75) is 83.1 Å². The molecule has 0 bridgehead atoms. The third-order valence-corrected chi connectivity index (χ3v) is 10.8. The second-order valence-corrected chi connectivity index (χ2v) is 14.5. The van der Waals surface area contributed by atoms with Crippen LogP contribution in [0.15, 0.2) is 60.8 Å². The fraction of sp³-hybridized carbons (Fsp3) is 0.474. The number of piperazine rings is 1. The van der Waals surface area contributed by atoms with E-state index < -0.39 is 41.5 Å². The number of aromatic amines is 1. The molecule has 0 radical (unpaired) electrons. The van der Waals surface area contributed by atoms with Gasteiger partial charge in [0, 0.05) is 48.6 Å². The normalized spacial score (nSPS) is 30.4. The lowest BCUT2D eigenvalue weighted by molar-refractivity contribution is -0.321. The minimum absolute atomic E-state index is 0.138. The number of hydrogen-bond acceptors (Lipinski definition) is 7. The summed E-state index contributed by atoms with van der Waals surface area (Å²) in [5, 5.41) is 16.5. The Balaban J connectivity index is 0.000000898. The van der Waals surface area contributed by atoms with E-state index in [1.807, 2.05) is 49.5 Å². The molecule has 3 amide bonds. The smallest absolute Gasteiger partial charge is 0.281 e. The number of carbonyl (C=O) groups excluding carboxylic acids is 4. The first-order valence-electron chi connectivity index (χ1n) is 17.3. The van der Waals surface area contributed by atoms with E-state index in [1.54, 1.807) is 18.7 Å². The summed E-state index contributed by atoms with van der Waals surface area (Å²) in [6, 6.07) is 14.2. The van der Waals surface area contributed by atoms with Crippen molar-refractivity contribution in [2.75, 3.05) is 20.1 Å². The van der Waals surface area contributed by atoms with Crippen molar-refractivity contribution in [3.05, 3.63) is 77.5 Å². The largest absolute Gasteiger partial charge is 0.361 e. The molecule has 4 aliphatic heterocycles. The topological polar surface area (TPSA) is 135 Å². The van der Waals surface area contributed by atoms with Crippen LogP contribution in [0.4, 0.5) is 0 Å². The predicted molar refractivity (Wildman–Crippen MR) is 184 cm³/mol. The lowest BCUT2D eigenvalue weighted by Crippen LogP contribution is -2.71. The highest BCUT2D eigenvalue weighted by atomic mass is 16.7. The Bertz CT molecular complexity index is 1850. The predicted octanol–water partition coefficient (Wildman–Crippen LogP) is 3.22. The van der Waals surface area contributed by atoms with E-state index in [4.69, 9.17) is 4.74 Å². The van der Waals surface area contributed by atoms with Crippen molar-refractivity contribution in [1.29, 1.82) is 0 Å². The molecule has 3 N–H and O–H groups in total. The van der Waals surface area contributed by atoms with Gasteiger partial charge in [0.15, 0.2) is 0 Å². The number of hydrogen-bond donors (Lipinski definition) is 3. The van der Waals surface area contributed by atoms with E-state index in [9.17, 15) is 24.3 Å². The van der Waals surface area contributed by atoms with E-state index in [0.717, 1.165) is 28.6 Å². The van der Waals surface area contributed by atoms with Crippen LogP contribution in [0.2, 0.25) is 0 Å². The van der Waals surface area contributed by atoms with Crippen LogP contribution < -0.4 is 5.32 Å². The molecular weight excluding hydrogens is 622 g/mol. The van der Waals surface area contributed by atoms with Crippen molar-refractivity contribution in [1.82, 2.24) is 25.0 Å². The van der Waals surface area contributed by atoms with E-state index in [2.05, 4.69) is 33.5 Å². The van der Waals surface area contributed by atoms with Crippen molar-refractivity contribution >= 4 is 40.0 Å². The van der Waals surface area contributed by atoms with Gasteiger partial charge in [-0.05, 0) is 68.5 Å². The Morgan fingerprint density at radius 3 is 2.55 bits per heavy atom. The zero-order chi connectivity index (χ0) is 34.8. The number of Topliss-reactive ketones (excluding diaryl/α,β-unsaturated/α-hetero) is 1. The van der Waals surface area contributed by atoms with Crippen LogP contribution in [0.3, 0.4) is 0 Å². The molecule has 3 saturated heterocycles. The van der Waals surface area contributed by atoms with Crippen LogP contribution >= 0.6 is 0 Å². The van der Waals surface area contributed by atoms with Gasteiger partial charge in [-0.2, -0.15) is 0 Å². The van der Waals surface area contributed by atoms with Crippen LogP contribution in [-0.2, 0) is 36.8 Å². The van der Waals surface area contributed by atoms with Gasteiger partial charge in [0.1, 0.15) is 17.9 Å². The molecule has 11 nitrogen and oxygen atoms in total. The van der Waals surface area contributed by atoms with Gasteiger partial charge in [-0.1, -0.05) is 62.4 Å². The third kappa shape index (κ3) is 5.30. The molecule has 49 heavy (non-hydrogen) atoms. The van der Waals surface area contributed by atoms with Gasteiger partial charge >= 0.3 is 0 Å². The average Bonchev–Trinajstić information content (AvgIpc) is 3.78. The Morgan fingerprint density at radius 2 is 1.84 bits per heavy atom. The lowest BCUT2D eigenvalue weighted by Gasteiger charge is -2.48. The summed E-state index contributed by atoms with van der Waals surface area (Å²) in [7, 11) is 2.03. The number of rotatable bonds is 5. The fourth-order valence-electron chi connectivity index (χ4n) is 8.47.